The lowest BCUT2D eigenvalue weighted by Crippen LogP contribution is -2.28. The van der Waals surface area contributed by atoms with Crippen LogP contribution in [0.5, 0.6) is 0 Å². The molecule has 0 aliphatic heterocycles. The van der Waals surface area contributed by atoms with Crippen molar-refractivity contribution in [3.63, 3.8) is 0 Å². The summed E-state index contributed by atoms with van der Waals surface area (Å²) >= 11 is 0. The van der Waals surface area contributed by atoms with E-state index in [-0.39, 0.29) is 16.7 Å². The van der Waals surface area contributed by atoms with Crippen LogP contribution in [-0.4, -0.2) is 18.2 Å². The van der Waals surface area contributed by atoms with Crippen LogP contribution >= 0.6 is 0 Å². The summed E-state index contributed by atoms with van der Waals surface area (Å²) in [5, 5.41) is 2.99. The number of carbonyl (C=O) groups is 2. The highest BCUT2D eigenvalue weighted by atomic mass is 16.1. The molecule has 0 fully saturated rings. The Kier molecular flexibility index (Phi) is 9.63. The third kappa shape index (κ3) is 12.8. The van der Waals surface area contributed by atoms with Crippen molar-refractivity contribution in [3.8, 4) is 0 Å². The number of nitrogens with one attached hydrogen (secondary N) is 1. The number of hydrogen-bond donors (Lipinski definition) is 1. The molecule has 0 saturated carbocycles. The summed E-state index contributed by atoms with van der Waals surface area (Å²) in [6.07, 6.45) is 8.05. The molecule has 22 heavy (non-hydrogen) atoms. The maximum absolute atomic E-state index is 11.8. The molecule has 0 aromatic heterocycles. The van der Waals surface area contributed by atoms with Crippen molar-refractivity contribution in [2.75, 3.05) is 6.54 Å². The van der Waals surface area contributed by atoms with Crippen LogP contribution in [0.4, 0.5) is 0 Å². The van der Waals surface area contributed by atoms with Gasteiger partial charge < -0.3 is 5.32 Å². The summed E-state index contributed by atoms with van der Waals surface area (Å²) in [5.74, 6) is 0.530. The fraction of sp³-hybridized carbons (Fsp3) is 0.895. The summed E-state index contributed by atoms with van der Waals surface area (Å²) in [5.41, 5.74) is -0.125. The molecule has 0 saturated heterocycles. The average Bonchev–Trinajstić information content (AvgIpc) is 2.33. The van der Waals surface area contributed by atoms with Crippen molar-refractivity contribution >= 4 is 11.7 Å². The molecule has 0 bridgehead atoms. The molecule has 0 aliphatic carbocycles. The molecule has 1 amide bonds. The zero-order valence-corrected chi connectivity index (χ0v) is 15.7. The van der Waals surface area contributed by atoms with E-state index in [9.17, 15) is 9.59 Å². The first-order chi connectivity index (χ1) is 10.0. The van der Waals surface area contributed by atoms with Gasteiger partial charge in [-0.1, -0.05) is 67.2 Å². The minimum atomic E-state index is -0.189. The van der Waals surface area contributed by atoms with Gasteiger partial charge in [-0.3, -0.25) is 9.59 Å². The second-order valence-corrected chi connectivity index (χ2v) is 8.63. The monoisotopic (exact) mass is 311 g/mol. The molecule has 1 N–H and O–H groups in total. The van der Waals surface area contributed by atoms with Crippen LogP contribution in [0.15, 0.2) is 0 Å². The molecule has 130 valence electrons. The minimum Gasteiger partial charge on any atom is -0.356 e. The molecule has 0 atom stereocenters. The fourth-order valence-corrected chi connectivity index (χ4v) is 2.26. The van der Waals surface area contributed by atoms with Gasteiger partial charge in [0.2, 0.25) is 5.91 Å². The smallest absolute Gasteiger partial charge is 0.220 e. The van der Waals surface area contributed by atoms with Gasteiger partial charge in [0.25, 0.3) is 0 Å². The highest BCUT2D eigenvalue weighted by Gasteiger charge is 2.19. The maximum atomic E-state index is 11.8. The lowest BCUT2D eigenvalue weighted by Gasteiger charge is -2.17. The molecule has 0 heterocycles. The Bertz CT molecular complexity index is 334. The first-order valence-corrected chi connectivity index (χ1v) is 8.82. The van der Waals surface area contributed by atoms with Crippen molar-refractivity contribution in [1.82, 2.24) is 5.32 Å². The van der Waals surface area contributed by atoms with Gasteiger partial charge in [-0.15, -0.1) is 0 Å². The van der Waals surface area contributed by atoms with E-state index in [1.807, 2.05) is 20.8 Å². The van der Waals surface area contributed by atoms with Crippen molar-refractivity contribution in [1.29, 1.82) is 0 Å². The number of rotatable bonds is 10. The van der Waals surface area contributed by atoms with Crippen LogP contribution in [0.3, 0.4) is 0 Å². The van der Waals surface area contributed by atoms with E-state index in [2.05, 4.69) is 26.1 Å². The van der Waals surface area contributed by atoms with Gasteiger partial charge >= 0.3 is 0 Å². The number of unbranched alkanes of at least 4 members (excludes halogenated alkanes) is 5. The van der Waals surface area contributed by atoms with Crippen LogP contribution in [0.1, 0.15) is 92.9 Å². The molecule has 3 heteroatoms. The number of Topliss-reactive ketones (excluding diaryl/α,β-unsaturated/α-hetero) is 1. The van der Waals surface area contributed by atoms with Gasteiger partial charge in [-0.2, -0.15) is 0 Å². The van der Waals surface area contributed by atoms with Crippen molar-refractivity contribution in [2.24, 2.45) is 10.8 Å². The highest BCUT2D eigenvalue weighted by Crippen LogP contribution is 2.19. The molecule has 0 spiro atoms. The van der Waals surface area contributed by atoms with Crippen LogP contribution < -0.4 is 5.32 Å². The van der Waals surface area contributed by atoms with Crippen LogP contribution in [0, 0.1) is 10.8 Å². The SMILES string of the molecule is CC(C)(C)CC(=O)NCCCCCCCCC(=O)C(C)(C)C. The first kappa shape index (κ1) is 21.1. The lowest BCUT2D eigenvalue weighted by atomic mass is 9.88. The third-order valence-electron chi connectivity index (χ3n) is 3.68. The summed E-state index contributed by atoms with van der Waals surface area (Å²) in [7, 11) is 0. The van der Waals surface area contributed by atoms with Crippen molar-refractivity contribution in [2.45, 2.75) is 92.9 Å². The van der Waals surface area contributed by atoms with E-state index in [1.165, 1.54) is 12.8 Å². The molecule has 3 nitrogen and oxygen atoms in total. The van der Waals surface area contributed by atoms with Gasteiger partial charge in [-0.25, -0.2) is 0 Å². The predicted octanol–water partition coefficient (Wildman–Crippen LogP) is 4.88. The van der Waals surface area contributed by atoms with Crippen LogP contribution in [0.2, 0.25) is 0 Å². The Labute approximate surface area is 137 Å². The molecule has 0 aromatic carbocycles. The Hall–Kier alpha value is -0.860. The number of amides is 1. The molecule has 0 radical (unpaired) electrons. The van der Waals surface area contributed by atoms with Gasteiger partial charge in [0.1, 0.15) is 5.78 Å². The molecule has 0 aromatic rings. The number of ketones is 1. The van der Waals surface area contributed by atoms with E-state index < -0.39 is 0 Å². The Morgan fingerprint density at radius 1 is 0.773 bits per heavy atom. The van der Waals surface area contributed by atoms with Crippen LogP contribution in [0.25, 0.3) is 0 Å². The Morgan fingerprint density at radius 2 is 1.27 bits per heavy atom. The summed E-state index contributed by atoms with van der Waals surface area (Å²) in [6, 6.07) is 0. The normalized spacial score (nSPS) is 12.3. The number of hydrogen-bond acceptors (Lipinski definition) is 2. The molecular weight excluding hydrogens is 274 g/mol. The average molecular weight is 312 g/mol. The van der Waals surface area contributed by atoms with Gasteiger partial charge in [-0.05, 0) is 18.3 Å². The topological polar surface area (TPSA) is 46.2 Å². The Balaban J connectivity index is 3.41. The van der Waals surface area contributed by atoms with Gasteiger partial charge in [0.15, 0.2) is 0 Å². The van der Waals surface area contributed by atoms with Gasteiger partial charge in [0, 0.05) is 24.8 Å². The minimum absolute atomic E-state index is 0.0641. The van der Waals surface area contributed by atoms with Gasteiger partial charge in [0.05, 0.1) is 0 Å². The summed E-state index contributed by atoms with van der Waals surface area (Å²) in [4.78, 5) is 23.4. The predicted molar refractivity (Wildman–Crippen MR) is 93.9 cm³/mol. The lowest BCUT2D eigenvalue weighted by molar-refractivity contribution is -0.126. The van der Waals surface area contributed by atoms with Crippen LogP contribution in [-0.2, 0) is 9.59 Å². The Morgan fingerprint density at radius 3 is 1.77 bits per heavy atom. The molecular formula is C19H37NO2. The van der Waals surface area contributed by atoms with E-state index >= 15 is 0 Å². The van der Waals surface area contributed by atoms with Crippen molar-refractivity contribution < 1.29 is 9.59 Å². The quantitative estimate of drug-likeness (QED) is 0.584. The van der Waals surface area contributed by atoms with E-state index in [0.29, 0.717) is 18.6 Å². The van der Waals surface area contributed by atoms with E-state index in [0.717, 1.165) is 32.2 Å². The molecule has 0 aliphatic rings. The summed E-state index contributed by atoms with van der Waals surface area (Å²) in [6.45, 7) is 13.0. The van der Waals surface area contributed by atoms with E-state index in [4.69, 9.17) is 0 Å². The first-order valence-electron chi connectivity index (χ1n) is 8.82. The summed E-state index contributed by atoms with van der Waals surface area (Å²) < 4.78 is 0. The molecule has 0 unspecified atom stereocenters. The highest BCUT2D eigenvalue weighted by molar-refractivity contribution is 5.83. The standard InChI is InChI=1S/C19H37NO2/c1-18(2,3)15-17(22)20-14-12-10-8-7-9-11-13-16(21)19(4,5)6/h7-15H2,1-6H3,(H,20,22). The zero-order valence-electron chi connectivity index (χ0n) is 15.7. The molecule has 0 rings (SSSR count). The second-order valence-electron chi connectivity index (χ2n) is 8.63. The zero-order chi connectivity index (χ0) is 17.2. The largest absolute Gasteiger partial charge is 0.356 e. The maximum Gasteiger partial charge on any atom is 0.220 e. The van der Waals surface area contributed by atoms with Crippen molar-refractivity contribution in [3.05, 3.63) is 0 Å². The van der Waals surface area contributed by atoms with E-state index in [1.54, 1.807) is 0 Å². The number of carbonyl (C=O) groups excluding carboxylic acids is 2. The second kappa shape index (κ2) is 10.0. The third-order valence-corrected chi connectivity index (χ3v) is 3.68. The fourth-order valence-electron chi connectivity index (χ4n) is 2.26.